The summed E-state index contributed by atoms with van der Waals surface area (Å²) in [5.74, 6) is 0. The van der Waals surface area contributed by atoms with Gasteiger partial charge in [-0.3, -0.25) is 0 Å². The van der Waals surface area contributed by atoms with E-state index in [2.05, 4.69) is 5.16 Å². The minimum Gasteiger partial charge on any atom is -0.338 e. The van der Waals surface area contributed by atoms with Crippen molar-refractivity contribution in [2.24, 2.45) is 5.73 Å². The molecule has 3 N–H and O–H groups in total. The van der Waals surface area contributed by atoms with E-state index in [4.69, 9.17) is 21.9 Å². The van der Waals surface area contributed by atoms with E-state index in [9.17, 15) is 4.79 Å². The van der Waals surface area contributed by atoms with E-state index in [1.54, 1.807) is 12.1 Å². The molecular weight excluding hydrogens is 228 g/mol. The molecule has 1 heterocycles. The fourth-order valence-electron chi connectivity index (χ4n) is 1.54. The topological polar surface area (TPSA) is 72.0 Å². The summed E-state index contributed by atoms with van der Waals surface area (Å²) in [6.07, 6.45) is 0.490. The number of aromatic amines is 1. The van der Waals surface area contributed by atoms with Gasteiger partial charge < -0.3 is 10.3 Å². The van der Waals surface area contributed by atoms with Crippen LogP contribution in [-0.4, -0.2) is 11.7 Å². The van der Waals surface area contributed by atoms with Crippen molar-refractivity contribution in [1.82, 2.24) is 5.16 Å². The zero-order valence-corrected chi connectivity index (χ0v) is 9.25. The van der Waals surface area contributed by atoms with Gasteiger partial charge in [-0.25, -0.2) is 9.95 Å². The van der Waals surface area contributed by atoms with Crippen LogP contribution < -0.4 is 11.4 Å². The summed E-state index contributed by atoms with van der Waals surface area (Å²) in [4.78, 5) is 11.4. The highest BCUT2D eigenvalue weighted by Gasteiger charge is 2.12. The molecule has 0 aliphatic carbocycles. The Morgan fingerprint density at radius 1 is 1.31 bits per heavy atom. The zero-order valence-electron chi connectivity index (χ0n) is 8.50. The largest absolute Gasteiger partial charge is 0.361 e. The third-order valence-electron chi connectivity index (χ3n) is 2.32. The first-order chi connectivity index (χ1) is 7.72. The van der Waals surface area contributed by atoms with Crippen LogP contribution in [0, 0.1) is 0 Å². The summed E-state index contributed by atoms with van der Waals surface area (Å²) in [7, 11) is 0. The Hall–Kier alpha value is -1.52. The second-order valence-electron chi connectivity index (χ2n) is 3.39. The number of nitrogens with one attached hydrogen (secondary N) is 1. The maximum absolute atomic E-state index is 11.4. The first-order valence-electron chi connectivity index (χ1n) is 4.88. The van der Waals surface area contributed by atoms with Gasteiger partial charge >= 0.3 is 5.63 Å². The third-order valence-corrected chi connectivity index (χ3v) is 2.57. The molecule has 1 aromatic heterocycles. The van der Waals surface area contributed by atoms with Crippen LogP contribution in [-0.2, 0) is 6.42 Å². The van der Waals surface area contributed by atoms with Crippen molar-refractivity contribution >= 4 is 11.6 Å². The number of hydrogen-bond acceptors (Lipinski definition) is 3. The molecular formula is C11H11ClN2O2. The Morgan fingerprint density at radius 2 is 2.00 bits per heavy atom. The van der Waals surface area contributed by atoms with Gasteiger partial charge in [-0.15, -0.1) is 0 Å². The molecule has 16 heavy (non-hydrogen) atoms. The molecule has 0 bridgehead atoms. The predicted octanol–water partition coefficient (Wildman–Crippen LogP) is 1.79. The second kappa shape index (κ2) is 4.55. The Bertz CT molecular complexity index is 528. The van der Waals surface area contributed by atoms with Crippen molar-refractivity contribution in [2.45, 2.75) is 6.42 Å². The second-order valence-corrected chi connectivity index (χ2v) is 3.83. The summed E-state index contributed by atoms with van der Waals surface area (Å²) in [6.45, 7) is 0.406. The molecule has 0 spiro atoms. The highest BCUT2D eigenvalue weighted by molar-refractivity contribution is 6.30. The zero-order chi connectivity index (χ0) is 11.5. The number of hydrogen-bond donors (Lipinski definition) is 2. The minimum atomic E-state index is -0.365. The lowest BCUT2D eigenvalue weighted by Crippen LogP contribution is -2.10. The molecule has 0 atom stereocenters. The molecule has 0 saturated heterocycles. The van der Waals surface area contributed by atoms with Crippen LogP contribution in [0.5, 0.6) is 0 Å². The molecule has 0 saturated carbocycles. The van der Waals surface area contributed by atoms with Crippen molar-refractivity contribution in [3.63, 3.8) is 0 Å². The van der Waals surface area contributed by atoms with Crippen molar-refractivity contribution in [1.29, 1.82) is 0 Å². The molecule has 0 aliphatic rings. The van der Waals surface area contributed by atoms with E-state index >= 15 is 0 Å². The summed E-state index contributed by atoms with van der Waals surface area (Å²) in [5.41, 5.74) is 7.19. The predicted molar refractivity (Wildman–Crippen MR) is 62.5 cm³/mol. The number of aromatic nitrogens is 1. The van der Waals surface area contributed by atoms with Crippen LogP contribution in [0.2, 0.25) is 5.02 Å². The van der Waals surface area contributed by atoms with Gasteiger partial charge in [-0.05, 0) is 25.1 Å². The standard InChI is InChI=1S/C11H11ClN2O2/c12-8-3-1-7(2-4-8)10-9(5-6-13)11(15)16-14-10/h1-4,14H,5-6,13H2. The lowest BCUT2D eigenvalue weighted by atomic mass is 10.1. The van der Waals surface area contributed by atoms with E-state index in [-0.39, 0.29) is 5.63 Å². The molecule has 0 aliphatic heterocycles. The Kier molecular flexibility index (Phi) is 3.12. The fourth-order valence-corrected chi connectivity index (χ4v) is 1.67. The van der Waals surface area contributed by atoms with Crippen molar-refractivity contribution < 1.29 is 4.52 Å². The molecule has 84 valence electrons. The molecule has 1 aromatic carbocycles. The molecule has 2 aromatic rings. The highest BCUT2D eigenvalue weighted by Crippen LogP contribution is 2.21. The highest BCUT2D eigenvalue weighted by atomic mass is 35.5. The number of rotatable bonds is 3. The summed E-state index contributed by atoms with van der Waals surface area (Å²) in [6, 6.07) is 7.16. The SMILES string of the molecule is NCCc1c(-c2ccc(Cl)cc2)[nH]oc1=O. The molecule has 0 fully saturated rings. The van der Waals surface area contributed by atoms with Crippen LogP contribution in [0.25, 0.3) is 11.3 Å². The minimum absolute atomic E-state index is 0.365. The van der Waals surface area contributed by atoms with Gasteiger partial charge in [-0.1, -0.05) is 23.7 Å². The monoisotopic (exact) mass is 238 g/mol. The average molecular weight is 239 g/mol. The number of H-pyrrole nitrogens is 1. The Balaban J connectivity index is 2.47. The van der Waals surface area contributed by atoms with Gasteiger partial charge in [0, 0.05) is 10.6 Å². The van der Waals surface area contributed by atoms with Crippen LogP contribution in [0.15, 0.2) is 33.6 Å². The van der Waals surface area contributed by atoms with Crippen LogP contribution >= 0.6 is 11.6 Å². The van der Waals surface area contributed by atoms with Crippen LogP contribution in [0.4, 0.5) is 0 Å². The summed E-state index contributed by atoms with van der Waals surface area (Å²) in [5, 5.41) is 3.26. The molecule has 4 nitrogen and oxygen atoms in total. The van der Waals surface area contributed by atoms with Gasteiger partial charge in [0.15, 0.2) is 0 Å². The normalized spacial score (nSPS) is 10.6. The van der Waals surface area contributed by atoms with Gasteiger partial charge in [0.05, 0.1) is 11.3 Å². The van der Waals surface area contributed by atoms with Gasteiger partial charge in [0.2, 0.25) is 0 Å². The molecule has 0 unspecified atom stereocenters. The molecule has 2 rings (SSSR count). The maximum atomic E-state index is 11.4. The van der Waals surface area contributed by atoms with E-state index in [0.717, 1.165) is 5.56 Å². The lowest BCUT2D eigenvalue weighted by Gasteiger charge is -2.00. The smallest absolute Gasteiger partial charge is 0.338 e. The third kappa shape index (κ3) is 2.03. The number of halogens is 1. The molecule has 0 radical (unpaired) electrons. The van der Waals surface area contributed by atoms with Gasteiger partial charge in [-0.2, -0.15) is 0 Å². The average Bonchev–Trinajstić information content (AvgIpc) is 2.63. The van der Waals surface area contributed by atoms with Crippen LogP contribution in [0.1, 0.15) is 5.56 Å². The Labute approximate surface area is 97.0 Å². The summed E-state index contributed by atoms with van der Waals surface area (Å²) < 4.78 is 4.76. The van der Waals surface area contributed by atoms with E-state index in [1.807, 2.05) is 12.1 Å². The van der Waals surface area contributed by atoms with E-state index in [0.29, 0.717) is 29.2 Å². The van der Waals surface area contributed by atoms with Crippen molar-refractivity contribution in [2.75, 3.05) is 6.54 Å². The first kappa shape index (κ1) is 11.0. The maximum Gasteiger partial charge on any atom is 0.361 e. The van der Waals surface area contributed by atoms with Crippen LogP contribution in [0.3, 0.4) is 0 Å². The van der Waals surface area contributed by atoms with Crippen molar-refractivity contribution in [3.8, 4) is 11.3 Å². The van der Waals surface area contributed by atoms with E-state index in [1.165, 1.54) is 0 Å². The van der Waals surface area contributed by atoms with E-state index < -0.39 is 0 Å². The lowest BCUT2D eigenvalue weighted by molar-refractivity contribution is 0.392. The molecule has 5 heteroatoms. The quantitative estimate of drug-likeness (QED) is 0.856. The van der Waals surface area contributed by atoms with Gasteiger partial charge in [0.1, 0.15) is 0 Å². The van der Waals surface area contributed by atoms with Crippen molar-refractivity contribution in [3.05, 3.63) is 45.3 Å². The molecule has 0 amide bonds. The summed E-state index contributed by atoms with van der Waals surface area (Å²) >= 11 is 5.79. The Morgan fingerprint density at radius 3 is 2.62 bits per heavy atom. The fraction of sp³-hybridized carbons (Fsp3) is 0.182. The van der Waals surface area contributed by atoms with Gasteiger partial charge in [0.25, 0.3) is 0 Å². The first-order valence-corrected chi connectivity index (χ1v) is 5.26. The number of nitrogens with two attached hydrogens (primary N) is 1. The number of benzene rings is 1.